The standard InChI is InChI=1S/C20H25ClO2/c1-13-10-16(18(21)11-17(13)14(2)22)8-9-19(4,5)12-20(6,7)15(3)23/h10-11H,12H2,1-7H3. The topological polar surface area (TPSA) is 34.1 Å². The van der Waals surface area contributed by atoms with Gasteiger partial charge in [-0.3, -0.25) is 9.59 Å². The molecule has 0 spiro atoms. The summed E-state index contributed by atoms with van der Waals surface area (Å²) < 4.78 is 0. The van der Waals surface area contributed by atoms with E-state index in [4.69, 9.17) is 11.6 Å². The van der Waals surface area contributed by atoms with Gasteiger partial charge in [-0.15, -0.1) is 0 Å². The lowest BCUT2D eigenvalue weighted by Gasteiger charge is -2.29. The minimum atomic E-state index is -0.406. The molecule has 0 fully saturated rings. The van der Waals surface area contributed by atoms with E-state index in [9.17, 15) is 9.59 Å². The summed E-state index contributed by atoms with van der Waals surface area (Å²) in [6, 6.07) is 3.52. The van der Waals surface area contributed by atoms with Gasteiger partial charge in [0.05, 0.1) is 5.02 Å². The van der Waals surface area contributed by atoms with Crippen molar-refractivity contribution in [3.8, 4) is 11.8 Å². The molecule has 0 aliphatic heterocycles. The van der Waals surface area contributed by atoms with Gasteiger partial charge in [-0.05, 0) is 58.7 Å². The van der Waals surface area contributed by atoms with E-state index in [1.54, 1.807) is 13.0 Å². The Kier molecular flexibility index (Phi) is 5.83. The Morgan fingerprint density at radius 1 is 1.13 bits per heavy atom. The van der Waals surface area contributed by atoms with Crippen LogP contribution in [0.15, 0.2) is 12.1 Å². The van der Waals surface area contributed by atoms with Crippen molar-refractivity contribution >= 4 is 23.2 Å². The first-order valence-electron chi connectivity index (χ1n) is 7.71. The zero-order valence-electron chi connectivity index (χ0n) is 15.1. The average Bonchev–Trinajstić information content (AvgIpc) is 2.37. The van der Waals surface area contributed by atoms with Crippen molar-refractivity contribution in [3.63, 3.8) is 0 Å². The van der Waals surface area contributed by atoms with Crippen LogP contribution in [0, 0.1) is 29.6 Å². The van der Waals surface area contributed by atoms with E-state index in [2.05, 4.69) is 11.8 Å². The lowest BCUT2D eigenvalue weighted by atomic mass is 9.73. The number of benzene rings is 1. The second-order valence-corrected chi connectivity index (χ2v) is 7.86. The lowest BCUT2D eigenvalue weighted by Crippen LogP contribution is -2.28. The van der Waals surface area contributed by atoms with Crippen molar-refractivity contribution in [2.75, 3.05) is 0 Å². The average molecular weight is 333 g/mol. The Morgan fingerprint density at radius 3 is 2.17 bits per heavy atom. The van der Waals surface area contributed by atoms with E-state index in [0.29, 0.717) is 22.6 Å². The second-order valence-electron chi connectivity index (χ2n) is 7.45. The number of rotatable bonds is 4. The third kappa shape index (κ3) is 5.22. The molecule has 0 saturated carbocycles. The highest BCUT2D eigenvalue weighted by molar-refractivity contribution is 6.32. The zero-order chi connectivity index (χ0) is 18.0. The molecule has 0 bridgehead atoms. The molecule has 0 atom stereocenters. The number of ketones is 2. The predicted molar refractivity (Wildman–Crippen MR) is 95.9 cm³/mol. The predicted octanol–water partition coefficient (Wildman–Crippen LogP) is 5.23. The van der Waals surface area contributed by atoms with Crippen LogP contribution in [0.25, 0.3) is 0 Å². The van der Waals surface area contributed by atoms with E-state index in [0.717, 1.165) is 5.56 Å². The normalized spacial score (nSPS) is 11.7. The minimum absolute atomic E-state index is 0.00699. The highest BCUT2D eigenvalue weighted by atomic mass is 35.5. The Balaban J connectivity index is 3.14. The van der Waals surface area contributed by atoms with Crippen molar-refractivity contribution < 1.29 is 9.59 Å². The summed E-state index contributed by atoms with van der Waals surface area (Å²) in [5.41, 5.74) is 1.48. The Labute approximate surface area is 144 Å². The van der Waals surface area contributed by atoms with Crippen LogP contribution < -0.4 is 0 Å². The maximum Gasteiger partial charge on any atom is 0.160 e. The maximum absolute atomic E-state index is 11.7. The minimum Gasteiger partial charge on any atom is -0.299 e. The van der Waals surface area contributed by atoms with Crippen molar-refractivity contribution in [1.29, 1.82) is 0 Å². The van der Waals surface area contributed by atoms with Crippen LogP contribution in [0.1, 0.15) is 69.4 Å². The molecule has 2 nitrogen and oxygen atoms in total. The monoisotopic (exact) mass is 332 g/mol. The number of Topliss-reactive ketones (excluding diaryl/α,β-unsaturated/α-hetero) is 2. The van der Waals surface area contributed by atoms with Gasteiger partial charge in [-0.25, -0.2) is 0 Å². The largest absolute Gasteiger partial charge is 0.299 e. The quantitative estimate of drug-likeness (QED) is 0.558. The number of carbonyl (C=O) groups is 2. The molecule has 0 heterocycles. The molecule has 1 aromatic rings. The highest BCUT2D eigenvalue weighted by Crippen LogP contribution is 2.34. The Hall–Kier alpha value is -1.59. The van der Waals surface area contributed by atoms with Crippen LogP contribution in [0.3, 0.4) is 0 Å². The summed E-state index contributed by atoms with van der Waals surface area (Å²) in [6.07, 6.45) is 0.671. The van der Waals surface area contributed by atoms with E-state index in [1.165, 1.54) is 6.92 Å². The highest BCUT2D eigenvalue weighted by Gasteiger charge is 2.31. The molecule has 0 aliphatic rings. The fourth-order valence-electron chi connectivity index (χ4n) is 2.67. The van der Waals surface area contributed by atoms with Gasteiger partial charge in [-0.1, -0.05) is 37.3 Å². The first-order chi connectivity index (χ1) is 10.4. The molecular weight excluding hydrogens is 308 g/mol. The van der Waals surface area contributed by atoms with Gasteiger partial charge in [-0.2, -0.15) is 0 Å². The van der Waals surface area contributed by atoms with Gasteiger partial charge >= 0.3 is 0 Å². The summed E-state index contributed by atoms with van der Waals surface area (Å²) in [5.74, 6) is 6.50. The van der Waals surface area contributed by atoms with Crippen molar-refractivity contribution in [2.24, 2.45) is 10.8 Å². The Bertz CT molecular complexity index is 700. The molecule has 0 aromatic heterocycles. The number of hydrogen-bond acceptors (Lipinski definition) is 2. The van der Waals surface area contributed by atoms with Crippen LogP contribution in [-0.2, 0) is 4.79 Å². The fourth-order valence-corrected chi connectivity index (χ4v) is 2.88. The van der Waals surface area contributed by atoms with Crippen LogP contribution in [0.2, 0.25) is 5.02 Å². The number of halogens is 1. The summed E-state index contributed by atoms with van der Waals surface area (Å²) in [4.78, 5) is 23.3. The van der Waals surface area contributed by atoms with Gasteiger partial charge in [0.25, 0.3) is 0 Å². The Morgan fingerprint density at radius 2 is 1.70 bits per heavy atom. The molecule has 124 valence electrons. The van der Waals surface area contributed by atoms with E-state index < -0.39 is 5.41 Å². The van der Waals surface area contributed by atoms with Gasteiger partial charge < -0.3 is 0 Å². The molecule has 0 saturated heterocycles. The summed E-state index contributed by atoms with van der Waals surface area (Å²) in [7, 11) is 0. The smallest absolute Gasteiger partial charge is 0.160 e. The second kappa shape index (κ2) is 6.89. The third-order valence-corrected chi connectivity index (χ3v) is 4.38. The van der Waals surface area contributed by atoms with Crippen LogP contribution in [-0.4, -0.2) is 11.6 Å². The number of aryl methyl sites for hydroxylation is 1. The number of carbonyl (C=O) groups excluding carboxylic acids is 2. The van der Waals surface area contributed by atoms with Crippen LogP contribution in [0.4, 0.5) is 0 Å². The van der Waals surface area contributed by atoms with E-state index >= 15 is 0 Å². The molecule has 0 aliphatic carbocycles. The zero-order valence-corrected chi connectivity index (χ0v) is 15.8. The lowest BCUT2D eigenvalue weighted by molar-refractivity contribution is -0.126. The molecule has 1 aromatic carbocycles. The van der Waals surface area contributed by atoms with Crippen LogP contribution in [0.5, 0.6) is 0 Å². The summed E-state index contributed by atoms with van der Waals surface area (Å²) in [5, 5.41) is 0.481. The SMILES string of the molecule is CC(=O)c1cc(Cl)c(C#CC(C)(C)CC(C)(C)C(C)=O)cc1C. The maximum atomic E-state index is 11.7. The van der Waals surface area contributed by atoms with Gasteiger partial charge in [0.1, 0.15) is 5.78 Å². The molecule has 0 radical (unpaired) electrons. The van der Waals surface area contributed by atoms with Crippen LogP contribution >= 0.6 is 11.6 Å². The van der Waals surface area contributed by atoms with Crippen molar-refractivity contribution in [3.05, 3.63) is 33.8 Å². The molecular formula is C20H25ClO2. The number of hydrogen-bond donors (Lipinski definition) is 0. The first kappa shape index (κ1) is 19.5. The molecule has 3 heteroatoms. The molecule has 1 rings (SSSR count). The first-order valence-corrected chi connectivity index (χ1v) is 8.09. The third-order valence-electron chi connectivity index (χ3n) is 4.07. The van der Waals surface area contributed by atoms with Gasteiger partial charge in [0.2, 0.25) is 0 Å². The summed E-state index contributed by atoms with van der Waals surface area (Å²) in [6.45, 7) is 12.9. The molecule has 0 unspecified atom stereocenters. The van der Waals surface area contributed by atoms with Crippen molar-refractivity contribution in [1.82, 2.24) is 0 Å². The summed E-state index contributed by atoms with van der Waals surface area (Å²) >= 11 is 6.25. The van der Waals surface area contributed by atoms with Gasteiger partial charge in [0, 0.05) is 22.0 Å². The van der Waals surface area contributed by atoms with Gasteiger partial charge in [0.15, 0.2) is 5.78 Å². The fraction of sp³-hybridized carbons (Fsp3) is 0.500. The molecule has 23 heavy (non-hydrogen) atoms. The molecule has 0 N–H and O–H groups in total. The van der Waals surface area contributed by atoms with Crippen molar-refractivity contribution in [2.45, 2.75) is 54.9 Å². The molecule has 0 amide bonds. The van der Waals surface area contributed by atoms with E-state index in [1.807, 2.05) is 40.7 Å². The van der Waals surface area contributed by atoms with E-state index in [-0.39, 0.29) is 17.0 Å².